The lowest BCUT2D eigenvalue weighted by Crippen LogP contribution is -2.15. The number of hydrogen-bond donors (Lipinski definition) is 3. The van der Waals surface area contributed by atoms with E-state index in [1.807, 2.05) is 25.1 Å². The van der Waals surface area contributed by atoms with Gasteiger partial charge in [0.25, 0.3) is 0 Å². The van der Waals surface area contributed by atoms with E-state index in [1.54, 1.807) is 0 Å². The van der Waals surface area contributed by atoms with E-state index in [-0.39, 0.29) is 0 Å². The summed E-state index contributed by atoms with van der Waals surface area (Å²) in [7, 11) is 0. The Balaban J connectivity index is 2.20. The van der Waals surface area contributed by atoms with Gasteiger partial charge >= 0.3 is 5.97 Å². The normalized spacial score (nSPS) is 10.2. The number of carboxylic acid groups (broad SMARTS) is 1. The largest absolute Gasteiger partial charge is 0.477 e. The number of aromatic nitrogens is 1. The molecule has 0 amide bonds. The van der Waals surface area contributed by atoms with Crippen molar-refractivity contribution in [3.63, 3.8) is 0 Å². The highest BCUT2D eigenvalue weighted by Gasteiger charge is 2.14. The van der Waals surface area contributed by atoms with Crippen LogP contribution < -0.4 is 5.32 Å². The van der Waals surface area contributed by atoms with Gasteiger partial charge in [-0.1, -0.05) is 23.7 Å². The van der Waals surface area contributed by atoms with E-state index in [4.69, 9.17) is 22.1 Å². The molecule has 0 radical (unpaired) electrons. The van der Waals surface area contributed by atoms with Crippen LogP contribution in [0.2, 0.25) is 5.02 Å². The van der Waals surface area contributed by atoms with Crippen molar-refractivity contribution in [1.82, 2.24) is 4.98 Å². The van der Waals surface area contributed by atoms with Gasteiger partial charge in [-0.15, -0.1) is 0 Å². The molecule has 1 aromatic heterocycles. The van der Waals surface area contributed by atoms with Crippen LogP contribution in [0.1, 0.15) is 16.7 Å². The van der Waals surface area contributed by atoms with E-state index in [1.165, 1.54) is 18.5 Å². The topological polar surface area (TPSA) is 86.1 Å². The van der Waals surface area contributed by atoms with Crippen LogP contribution >= 0.6 is 11.6 Å². The fraction of sp³-hybridized carbons (Fsp3) is 0.133. The lowest BCUT2D eigenvalue weighted by atomic mass is 10.1. The number of benzene rings is 1. The molecule has 0 spiro atoms. The van der Waals surface area contributed by atoms with Crippen LogP contribution in [-0.4, -0.2) is 21.8 Å². The SMILES string of the molecule is Cc1ccc(CNc2cnccc2C(=N)C(=O)O)c(Cl)c1. The van der Waals surface area contributed by atoms with Gasteiger partial charge in [0.1, 0.15) is 5.71 Å². The number of halogens is 1. The maximum Gasteiger partial charge on any atom is 0.354 e. The molecule has 0 saturated carbocycles. The average Bonchev–Trinajstić information content (AvgIpc) is 2.46. The molecule has 0 aliphatic carbocycles. The van der Waals surface area contributed by atoms with Crippen molar-refractivity contribution in [2.75, 3.05) is 5.32 Å². The Morgan fingerprint density at radius 2 is 2.19 bits per heavy atom. The van der Waals surface area contributed by atoms with Crippen LogP contribution in [0.15, 0.2) is 36.7 Å². The molecule has 1 aromatic carbocycles. The number of hydrogen-bond acceptors (Lipinski definition) is 4. The lowest BCUT2D eigenvalue weighted by molar-refractivity contribution is -0.129. The van der Waals surface area contributed by atoms with Crippen molar-refractivity contribution in [3.05, 3.63) is 58.4 Å². The summed E-state index contributed by atoms with van der Waals surface area (Å²) in [5.41, 5.74) is 2.26. The number of rotatable bonds is 5. The Bertz CT molecular complexity index is 701. The van der Waals surface area contributed by atoms with Crippen molar-refractivity contribution < 1.29 is 9.90 Å². The summed E-state index contributed by atoms with van der Waals surface area (Å²) in [6, 6.07) is 7.22. The zero-order valence-electron chi connectivity index (χ0n) is 11.4. The molecule has 6 heteroatoms. The Morgan fingerprint density at radius 3 is 2.86 bits per heavy atom. The van der Waals surface area contributed by atoms with Gasteiger partial charge in [-0.3, -0.25) is 10.4 Å². The summed E-state index contributed by atoms with van der Waals surface area (Å²) in [5, 5.41) is 20.2. The summed E-state index contributed by atoms with van der Waals surface area (Å²) in [6.45, 7) is 2.38. The maximum absolute atomic E-state index is 10.9. The minimum Gasteiger partial charge on any atom is -0.477 e. The number of anilines is 1. The molecule has 2 aromatic rings. The first-order valence-electron chi connectivity index (χ1n) is 6.24. The number of aryl methyl sites for hydroxylation is 1. The van der Waals surface area contributed by atoms with Gasteiger partial charge in [0.2, 0.25) is 0 Å². The second-order valence-electron chi connectivity index (χ2n) is 4.55. The molecule has 0 unspecified atom stereocenters. The average molecular weight is 304 g/mol. The second-order valence-corrected chi connectivity index (χ2v) is 4.96. The fourth-order valence-electron chi connectivity index (χ4n) is 1.85. The minimum atomic E-state index is -1.28. The van der Waals surface area contributed by atoms with E-state index in [0.717, 1.165) is 11.1 Å². The molecule has 3 N–H and O–H groups in total. The number of aliphatic carboxylic acids is 1. The molecule has 0 aliphatic rings. The molecule has 2 rings (SSSR count). The molecule has 5 nitrogen and oxygen atoms in total. The van der Waals surface area contributed by atoms with E-state index in [9.17, 15) is 4.79 Å². The molecule has 0 bridgehead atoms. The van der Waals surface area contributed by atoms with Crippen molar-refractivity contribution in [2.45, 2.75) is 13.5 Å². The lowest BCUT2D eigenvalue weighted by Gasteiger charge is -2.12. The Morgan fingerprint density at radius 1 is 1.43 bits per heavy atom. The van der Waals surface area contributed by atoms with Crippen LogP contribution in [0, 0.1) is 12.3 Å². The van der Waals surface area contributed by atoms with Crippen molar-refractivity contribution in [2.24, 2.45) is 0 Å². The van der Waals surface area contributed by atoms with Gasteiger partial charge in [0.15, 0.2) is 0 Å². The summed E-state index contributed by atoms with van der Waals surface area (Å²) < 4.78 is 0. The zero-order chi connectivity index (χ0) is 15.4. The highest BCUT2D eigenvalue weighted by Crippen LogP contribution is 2.20. The Labute approximate surface area is 127 Å². The first-order chi connectivity index (χ1) is 9.99. The Kier molecular flexibility index (Phi) is 4.55. The molecule has 0 saturated heterocycles. The van der Waals surface area contributed by atoms with Gasteiger partial charge in [-0.2, -0.15) is 0 Å². The van der Waals surface area contributed by atoms with Crippen molar-refractivity contribution in [1.29, 1.82) is 5.41 Å². The quantitative estimate of drug-likeness (QED) is 0.741. The van der Waals surface area contributed by atoms with Gasteiger partial charge in [-0.25, -0.2) is 4.79 Å². The van der Waals surface area contributed by atoms with Gasteiger partial charge in [-0.05, 0) is 30.2 Å². The number of pyridine rings is 1. The summed E-state index contributed by atoms with van der Waals surface area (Å²) in [5.74, 6) is -1.28. The number of nitrogens with one attached hydrogen (secondary N) is 2. The number of nitrogens with zero attached hydrogens (tertiary/aromatic N) is 1. The smallest absolute Gasteiger partial charge is 0.354 e. The van der Waals surface area contributed by atoms with Crippen LogP contribution in [0.25, 0.3) is 0 Å². The van der Waals surface area contributed by atoms with Crippen LogP contribution in [0.5, 0.6) is 0 Å². The molecular formula is C15H14ClN3O2. The second kappa shape index (κ2) is 6.37. The summed E-state index contributed by atoms with van der Waals surface area (Å²) >= 11 is 6.16. The monoisotopic (exact) mass is 303 g/mol. The van der Waals surface area contributed by atoms with E-state index < -0.39 is 11.7 Å². The van der Waals surface area contributed by atoms with E-state index in [2.05, 4.69) is 10.3 Å². The summed E-state index contributed by atoms with van der Waals surface area (Å²) in [6.07, 6.45) is 2.95. The molecule has 108 valence electrons. The standard InChI is InChI=1S/C15H14ClN3O2/c1-9-2-3-10(12(16)6-9)7-19-13-8-18-5-4-11(13)14(17)15(20)21/h2-6,8,17,19H,7H2,1H3,(H,20,21). The third-order valence-electron chi connectivity index (χ3n) is 2.98. The first kappa shape index (κ1) is 15.0. The summed E-state index contributed by atoms with van der Waals surface area (Å²) in [4.78, 5) is 14.9. The number of carbonyl (C=O) groups is 1. The fourth-order valence-corrected chi connectivity index (χ4v) is 2.16. The van der Waals surface area contributed by atoms with E-state index in [0.29, 0.717) is 22.8 Å². The maximum atomic E-state index is 10.9. The molecule has 0 aliphatic heterocycles. The Hall–Kier alpha value is -2.40. The molecule has 1 heterocycles. The minimum absolute atomic E-state index is 0.292. The first-order valence-corrected chi connectivity index (χ1v) is 6.62. The predicted octanol–water partition coefficient (Wildman–Crippen LogP) is 3.11. The van der Waals surface area contributed by atoms with Gasteiger partial charge in [0, 0.05) is 23.3 Å². The highest BCUT2D eigenvalue weighted by atomic mass is 35.5. The van der Waals surface area contributed by atoms with Crippen molar-refractivity contribution >= 4 is 29.0 Å². The third kappa shape index (κ3) is 3.58. The van der Waals surface area contributed by atoms with Crippen molar-refractivity contribution in [3.8, 4) is 0 Å². The zero-order valence-corrected chi connectivity index (χ0v) is 12.1. The molecule has 0 fully saturated rings. The third-order valence-corrected chi connectivity index (χ3v) is 3.33. The van der Waals surface area contributed by atoms with Gasteiger partial charge < -0.3 is 10.4 Å². The number of carboxylic acids is 1. The predicted molar refractivity (Wildman–Crippen MR) is 82.2 cm³/mol. The van der Waals surface area contributed by atoms with E-state index >= 15 is 0 Å². The van der Waals surface area contributed by atoms with Crippen LogP contribution in [0.4, 0.5) is 5.69 Å². The molecule has 0 atom stereocenters. The van der Waals surface area contributed by atoms with Crippen LogP contribution in [0.3, 0.4) is 0 Å². The molecular weight excluding hydrogens is 290 g/mol. The molecule has 21 heavy (non-hydrogen) atoms. The van der Waals surface area contributed by atoms with Crippen LogP contribution in [-0.2, 0) is 11.3 Å². The van der Waals surface area contributed by atoms with Gasteiger partial charge in [0.05, 0.1) is 11.9 Å². The highest BCUT2D eigenvalue weighted by molar-refractivity contribution is 6.42.